The molecule has 27 heavy (non-hydrogen) atoms. The van der Waals surface area contributed by atoms with Gasteiger partial charge in [-0.2, -0.15) is 8.78 Å². The molecule has 0 spiro atoms. The second kappa shape index (κ2) is 7.86. The molecule has 0 aliphatic carbocycles. The molecule has 0 atom stereocenters. The summed E-state index contributed by atoms with van der Waals surface area (Å²) in [6, 6.07) is 11.4. The number of hydrogen-bond acceptors (Lipinski definition) is 5. The van der Waals surface area contributed by atoms with E-state index in [2.05, 4.69) is 9.72 Å². The smallest absolute Gasteiger partial charge is 0.387 e. The zero-order valence-corrected chi connectivity index (χ0v) is 14.2. The summed E-state index contributed by atoms with van der Waals surface area (Å²) in [6.45, 7) is -3.02. The van der Waals surface area contributed by atoms with Crippen molar-refractivity contribution in [1.82, 2.24) is 4.98 Å². The molecule has 1 aromatic heterocycles. The molecular weight excluding hydrogens is 360 g/mol. The number of carboxylic acid groups (broad SMARTS) is 1. The van der Waals surface area contributed by atoms with Gasteiger partial charge in [-0.05, 0) is 35.9 Å². The van der Waals surface area contributed by atoms with Crippen LogP contribution in [0.25, 0.3) is 22.7 Å². The lowest BCUT2D eigenvalue weighted by Crippen LogP contribution is -2.03. The molecule has 0 saturated carbocycles. The number of alkyl halides is 2. The van der Waals surface area contributed by atoms with Crippen molar-refractivity contribution in [2.75, 3.05) is 7.11 Å². The average molecular weight is 375 g/mol. The number of hydrogen-bond donors (Lipinski definition) is 1. The minimum atomic E-state index is -3.02. The fourth-order valence-electron chi connectivity index (χ4n) is 2.53. The molecule has 0 bridgehead atoms. The number of halogens is 2. The molecule has 0 saturated heterocycles. The number of ether oxygens (including phenoxy) is 2. The van der Waals surface area contributed by atoms with Crippen LogP contribution in [-0.2, 0) is 4.79 Å². The van der Waals surface area contributed by atoms with E-state index in [1.807, 2.05) is 0 Å². The number of oxazole rings is 1. The minimum Gasteiger partial charge on any atom is -0.493 e. The monoisotopic (exact) mass is 375 g/mol. The van der Waals surface area contributed by atoms with Gasteiger partial charge < -0.3 is 19.0 Å². The lowest BCUT2D eigenvalue weighted by atomic mass is 10.1. The van der Waals surface area contributed by atoms with Crippen LogP contribution >= 0.6 is 0 Å². The van der Waals surface area contributed by atoms with Gasteiger partial charge in [0.1, 0.15) is 5.52 Å². The number of carbonyl (C=O) groups is 1. The predicted octanol–water partition coefficient (Wildman–Crippen LogP) is 4.45. The molecule has 6 nitrogen and oxygen atoms in total. The van der Waals surface area contributed by atoms with Crippen LogP contribution in [0.4, 0.5) is 8.78 Å². The fourth-order valence-corrected chi connectivity index (χ4v) is 2.53. The third-order valence-corrected chi connectivity index (χ3v) is 3.65. The van der Waals surface area contributed by atoms with E-state index >= 15 is 0 Å². The fraction of sp³-hybridized carbons (Fsp3) is 0.158. The summed E-state index contributed by atoms with van der Waals surface area (Å²) >= 11 is 0. The first-order valence-electron chi connectivity index (χ1n) is 7.87. The lowest BCUT2D eigenvalue weighted by Gasteiger charge is -2.10. The Labute approximate surface area is 152 Å². The zero-order chi connectivity index (χ0) is 19.4. The largest absolute Gasteiger partial charge is 0.493 e. The van der Waals surface area contributed by atoms with Crippen molar-refractivity contribution in [3.63, 3.8) is 0 Å². The van der Waals surface area contributed by atoms with Crippen LogP contribution in [-0.4, -0.2) is 29.8 Å². The maximum absolute atomic E-state index is 12.6. The maximum Gasteiger partial charge on any atom is 0.387 e. The lowest BCUT2D eigenvalue weighted by molar-refractivity contribution is -0.135. The first-order valence-corrected chi connectivity index (χ1v) is 7.87. The number of carboxylic acids is 1. The van der Waals surface area contributed by atoms with Crippen molar-refractivity contribution in [1.29, 1.82) is 0 Å². The Kier molecular flexibility index (Phi) is 5.35. The Morgan fingerprint density at radius 1 is 1.26 bits per heavy atom. The van der Waals surface area contributed by atoms with Gasteiger partial charge in [0, 0.05) is 5.57 Å². The quantitative estimate of drug-likeness (QED) is 0.657. The normalized spacial score (nSPS) is 11.8. The molecule has 1 N–H and O–H groups in total. The highest BCUT2D eigenvalue weighted by Crippen LogP contribution is 2.32. The van der Waals surface area contributed by atoms with E-state index in [4.69, 9.17) is 9.15 Å². The molecule has 1 heterocycles. The van der Waals surface area contributed by atoms with E-state index in [0.717, 1.165) is 0 Å². The summed E-state index contributed by atoms with van der Waals surface area (Å²) in [4.78, 5) is 15.5. The molecule has 8 heteroatoms. The third-order valence-electron chi connectivity index (χ3n) is 3.65. The summed E-state index contributed by atoms with van der Waals surface area (Å²) < 4.78 is 40.2. The van der Waals surface area contributed by atoms with E-state index in [1.54, 1.807) is 30.3 Å². The number of aromatic nitrogens is 1. The summed E-state index contributed by atoms with van der Waals surface area (Å²) in [7, 11) is 1.33. The number of aliphatic carboxylic acids is 1. The maximum atomic E-state index is 12.6. The van der Waals surface area contributed by atoms with Gasteiger partial charge in [-0.1, -0.05) is 18.2 Å². The van der Waals surface area contributed by atoms with E-state index in [1.165, 1.54) is 25.3 Å². The van der Waals surface area contributed by atoms with Crippen LogP contribution in [0.15, 0.2) is 46.9 Å². The Hall–Kier alpha value is -3.42. The van der Waals surface area contributed by atoms with Crippen LogP contribution in [0.5, 0.6) is 11.5 Å². The van der Waals surface area contributed by atoms with Gasteiger partial charge in [0.25, 0.3) is 0 Å². The SMILES string of the molecule is COc1ccc(/C=C(\CC(=O)O)c2nc3ccccc3o2)cc1OC(F)F. The highest BCUT2D eigenvalue weighted by molar-refractivity contribution is 5.91. The second-order valence-corrected chi connectivity index (χ2v) is 5.52. The Morgan fingerprint density at radius 2 is 2.04 bits per heavy atom. The van der Waals surface area contributed by atoms with Crippen molar-refractivity contribution >= 4 is 28.7 Å². The van der Waals surface area contributed by atoms with Crippen LogP contribution in [0.3, 0.4) is 0 Å². The van der Waals surface area contributed by atoms with Crippen molar-refractivity contribution < 1.29 is 32.6 Å². The topological polar surface area (TPSA) is 81.8 Å². The Morgan fingerprint density at radius 3 is 2.70 bits per heavy atom. The van der Waals surface area contributed by atoms with Crippen LogP contribution in [0, 0.1) is 0 Å². The third kappa shape index (κ3) is 4.41. The van der Waals surface area contributed by atoms with Gasteiger partial charge in [0.05, 0.1) is 13.5 Å². The van der Waals surface area contributed by atoms with Gasteiger partial charge in [0.2, 0.25) is 5.89 Å². The van der Waals surface area contributed by atoms with Crippen molar-refractivity contribution in [3.8, 4) is 11.5 Å². The molecule has 0 unspecified atom stereocenters. The van der Waals surface area contributed by atoms with Crippen molar-refractivity contribution in [2.45, 2.75) is 13.0 Å². The molecule has 0 radical (unpaired) electrons. The number of fused-ring (bicyclic) bond motifs is 1. The number of nitrogens with zero attached hydrogens (tertiary/aromatic N) is 1. The van der Waals surface area contributed by atoms with E-state index in [0.29, 0.717) is 16.7 Å². The number of para-hydroxylation sites is 2. The number of rotatable bonds is 7. The van der Waals surface area contributed by atoms with Crippen molar-refractivity contribution in [2.24, 2.45) is 0 Å². The van der Waals surface area contributed by atoms with Gasteiger partial charge in [-0.3, -0.25) is 4.79 Å². The van der Waals surface area contributed by atoms with E-state index in [9.17, 15) is 18.7 Å². The molecule has 2 aromatic carbocycles. The number of methoxy groups -OCH3 is 1. The molecule has 3 rings (SSSR count). The van der Waals surface area contributed by atoms with Crippen molar-refractivity contribution in [3.05, 3.63) is 53.9 Å². The number of benzene rings is 2. The van der Waals surface area contributed by atoms with Crippen LogP contribution < -0.4 is 9.47 Å². The van der Waals surface area contributed by atoms with Gasteiger partial charge in [0.15, 0.2) is 17.1 Å². The standard InChI is InChI=1S/C19H15F2NO5/c1-25-15-7-6-11(9-16(15)27-19(20)21)8-12(10-17(23)24)18-22-13-4-2-3-5-14(13)26-18/h2-9,19H,10H2,1H3,(H,23,24)/b12-8+. The van der Waals surface area contributed by atoms with Crippen LogP contribution in [0.1, 0.15) is 17.9 Å². The van der Waals surface area contributed by atoms with Gasteiger partial charge in [-0.15, -0.1) is 0 Å². The first kappa shape index (κ1) is 18.4. The Balaban J connectivity index is 2.04. The second-order valence-electron chi connectivity index (χ2n) is 5.52. The molecular formula is C19H15F2NO5. The van der Waals surface area contributed by atoms with E-state index < -0.39 is 12.6 Å². The summed E-state index contributed by atoms with van der Waals surface area (Å²) in [6.07, 6.45) is 1.14. The molecule has 3 aromatic rings. The van der Waals surface area contributed by atoms with E-state index in [-0.39, 0.29) is 29.4 Å². The average Bonchev–Trinajstić information content (AvgIpc) is 3.05. The minimum absolute atomic E-state index is 0.133. The molecule has 0 aliphatic heterocycles. The van der Waals surface area contributed by atoms with Gasteiger partial charge in [-0.25, -0.2) is 4.98 Å². The zero-order valence-electron chi connectivity index (χ0n) is 14.2. The molecule has 0 aliphatic rings. The van der Waals surface area contributed by atoms with Gasteiger partial charge >= 0.3 is 12.6 Å². The highest BCUT2D eigenvalue weighted by Gasteiger charge is 2.16. The highest BCUT2D eigenvalue weighted by atomic mass is 19.3. The predicted molar refractivity (Wildman–Crippen MR) is 93.8 cm³/mol. The van der Waals surface area contributed by atoms with Crippen LogP contribution in [0.2, 0.25) is 0 Å². The molecule has 0 amide bonds. The first-order chi connectivity index (χ1) is 13.0. The Bertz CT molecular complexity index is 964. The summed E-state index contributed by atoms with van der Waals surface area (Å²) in [5.74, 6) is -0.964. The molecule has 0 fully saturated rings. The summed E-state index contributed by atoms with van der Waals surface area (Å²) in [5.41, 5.74) is 1.82. The molecule has 140 valence electrons. The summed E-state index contributed by atoms with van der Waals surface area (Å²) in [5, 5.41) is 9.20.